The van der Waals surface area contributed by atoms with Crippen molar-refractivity contribution < 1.29 is 4.79 Å². The molecule has 6 heteroatoms. The molecule has 0 atom stereocenters. The average Bonchev–Trinajstić information content (AvgIpc) is 2.99. The number of nitrogens with one attached hydrogen (secondary N) is 1. The minimum Gasteiger partial charge on any atom is -0.378 e. The fraction of sp³-hybridized carbons (Fsp3) is 0.227. The first-order valence-electron chi connectivity index (χ1n) is 9.13. The standard InChI is InChI=1S/C22H25N5O/c1-16-13-17(2)27(25-16)15-19-5-9-20(10-6-19)22(28)24-23-14-18-7-11-21(12-8-18)26(3)4/h5-14H,15H2,1-4H3,(H,24,28)/b23-14+. The summed E-state index contributed by atoms with van der Waals surface area (Å²) in [5.74, 6) is -0.237. The molecule has 28 heavy (non-hydrogen) atoms. The van der Waals surface area contributed by atoms with Crippen LogP contribution in [0.2, 0.25) is 0 Å². The average molecular weight is 375 g/mol. The second-order valence-corrected chi connectivity index (χ2v) is 6.97. The summed E-state index contributed by atoms with van der Waals surface area (Å²) < 4.78 is 1.95. The Bertz CT molecular complexity index is 969. The maximum absolute atomic E-state index is 12.3. The number of aryl methyl sites for hydroxylation is 2. The summed E-state index contributed by atoms with van der Waals surface area (Å²) in [4.78, 5) is 14.3. The van der Waals surface area contributed by atoms with Gasteiger partial charge in [-0.1, -0.05) is 24.3 Å². The zero-order chi connectivity index (χ0) is 20.1. The predicted molar refractivity (Wildman–Crippen MR) is 113 cm³/mol. The van der Waals surface area contributed by atoms with Crippen LogP contribution in [0, 0.1) is 13.8 Å². The summed E-state index contributed by atoms with van der Waals surface area (Å²) >= 11 is 0. The van der Waals surface area contributed by atoms with E-state index in [1.165, 1.54) is 0 Å². The molecule has 0 bridgehead atoms. The number of carbonyl (C=O) groups is 1. The second kappa shape index (κ2) is 8.52. The third-order valence-electron chi connectivity index (χ3n) is 4.44. The van der Waals surface area contributed by atoms with Crippen molar-refractivity contribution in [3.8, 4) is 0 Å². The highest BCUT2D eigenvalue weighted by Gasteiger charge is 2.06. The Morgan fingerprint density at radius 3 is 2.36 bits per heavy atom. The molecule has 6 nitrogen and oxygen atoms in total. The third-order valence-corrected chi connectivity index (χ3v) is 4.44. The number of amides is 1. The van der Waals surface area contributed by atoms with Gasteiger partial charge in [0.15, 0.2) is 0 Å². The lowest BCUT2D eigenvalue weighted by molar-refractivity contribution is 0.0955. The normalized spacial score (nSPS) is 11.0. The number of aromatic nitrogens is 2. The lowest BCUT2D eigenvalue weighted by atomic mass is 10.1. The van der Waals surface area contributed by atoms with Crippen molar-refractivity contribution in [2.45, 2.75) is 20.4 Å². The molecule has 144 valence electrons. The SMILES string of the molecule is Cc1cc(C)n(Cc2ccc(C(=O)N/N=C/c3ccc(N(C)C)cc3)cc2)n1. The number of hydrogen-bond donors (Lipinski definition) is 1. The Hall–Kier alpha value is -3.41. The Kier molecular flexibility index (Phi) is 5.89. The van der Waals surface area contributed by atoms with Crippen LogP contribution in [0.25, 0.3) is 0 Å². The first-order chi connectivity index (χ1) is 13.4. The van der Waals surface area contributed by atoms with E-state index in [1.54, 1.807) is 18.3 Å². The Morgan fingerprint density at radius 2 is 1.79 bits per heavy atom. The van der Waals surface area contributed by atoms with Crippen molar-refractivity contribution in [1.29, 1.82) is 0 Å². The van der Waals surface area contributed by atoms with E-state index >= 15 is 0 Å². The molecule has 0 aliphatic carbocycles. The largest absolute Gasteiger partial charge is 0.378 e. The molecule has 1 heterocycles. The van der Waals surface area contributed by atoms with E-state index in [0.29, 0.717) is 12.1 Å². The summed E-state index contributed by atoms with van der Waals surface area (Å²) in [6.45, 7) is 4.70. The highest BCUT2D eigenvalue weighted by atomic mass is 16.2. The van der Waals surface area contributed by atoms with Gasteiger partial charge in [0.05, 0.1) is 18.5 Å². The minimum atomic E-state index is -0.237. The number of carbonyl (C=O) groups excluding carboxylic acids is 1. The van der Waals surface area contributed by atoms with Gasteiger partial charge in [-0.15, -0.1) is 0 Å². The molecule has 3 aromatic rings. The number of rotatable bonds is 6. The van der Waals surface area contributed by atoms with Gasteiger partial charge < -0.3 is 4.90 Å². The van der Waals surface area contributed by atoms with Crippen LogP contribution in [0.3, 0.4) is 0 Å². The van der Waals surface area contributed by atoms with Crippen molar-refractivity contribution in [3.05, 3.63) is 82.7 Å². The molecule has 3 rings (SSSR count). The molecule has 0 aliphatic heterocycles. The fourth-order valence-corrected chi connectivity index (χ4v) is 2.86. The third kappa shape index (κ3) is 4.85. The van der Waals surface area contributed by atoms with Crippen LogP contribution in [0.15, 0.2) is 59.7 Å². The summed E-state index contributed by atoms with van der Waals surface area (Å²) in [5.41, 5.74) is 8.38. The molecule has 1 aromatic heterocycles. The Morgan fingerprint density at radius 1 is 1.11 bits per heavy atom. The molecule has 0 saturated carbocycles. The molecule has 0 unspecified atom stereocenters. The van der Waals surface area contributed by atoms with E-state index in [2.05, 4.69) is 15.6 Å². The fourth-order valence-electron chi connectivity index (χ4n) is 2.86. The monoisotopic (exact) mass is 375 g/mol. The molecular formula is C22H25N5O. The number of anilines is 1. The highest BCUT2D eigenvalue weighted by molar-refractivity contribution is 5.94. The zero-order valence-corrected chi connectivity index (χ0v) is 16.7. The first-order valence-corrected chi connectivity index (χ1v) is 9.13. The summed E-state index contributed by atoms with van der Waals surface area (Å²) in [7, 11) is 3.98. The maximum atomic E-state index is 12.3. The van der Waals surface area contributed by atoms with E-state index in [4.69, 9.17) is 0 Å². The number of nitrogens with zero attached hydrogens (tertiary/aromatic N) is 4. The van der Waals surface area contributed by atoms with Gasteiger partial charge in [-0.05, 0) is 55.3 Å². The van der Waals surface area contributed by atoms with E-state index in [-0.39, 0.29) is 5.91 Å². The molecule has 0 spiro atoms. The quantitative estimate of drug-likeness (QED) is 0.531. The van der Waals surface area contributed by atoms with Crippen LogP contribution in [0.4, 0.5) is 5.69 Å². The van der Waals surface area contributed by atoms with Crippen molar-refractivity contribution >= 4 is 17.8 Å². The first kappa shape index (κ1) is 19.4. The highest BCUT2D eigenvalue weighted by Crippen LogP contribution is 2.11. The lowest BCUT2D eigenvalue weighted by Crippen LogP contribution is -2.17. The molecule has 2 aromatic carbocycles. The van der Waals surface area contributed by atoms with Crippen LogP contribution in [-0.2, 0) is 6.54 Å². The predicted octanol–water partition coefficient (Wildman–Crippen LogP) is 3.38. The van der Waals surface area contributed by atoms with Crippen molar-refractivity contribution in [3.63, 3.8) is 0 Å². The topological polar surface area (TPSA) is 62.5 Å². The van der Waals surface area contributed by atoms with Gasteiger partial charge in [0.1, 0.15) is 0 Å². The van der Waals surface area contributed by atoms with E-state index in [9.17, 15) is 4.79 Å². The lowest BCUT2D eigenvalue weighted by Gasteiger charge is -2.11. The van der Waals surface area contributed by atoms with Crippen LogP contribution >= 0.6 is 0 Å². The van der Waals surface area contributed by atoms with Gasteiger partial charge in [-0.25, -0.2) is 5.43 Å². The Balaban J connectivity index is 1.57. The summed E-state index contributed by atoms with van der Waals surface area (Å²) in [6.07, 6.45) is 1.63. The number of hydrogen-bond acceptors (Lipinski definition) is 4. The van der Waals surface area contributed by atoms with Gasteiger partial charge in [0, 0.05) is 31.0 Å². The summed E-state index contributed by atoms with van der Waals surface area (Å²) in [5, 5.41) is 8.51. The van der Waals surface area contributed by atoms with Gasteiger partial charge in [0.25, 0.3) is 5.91 Å². The van der Waals surface area contributed by atoms with E-state index in [1.807, 2.05) is 80.0 Å². The second-order valence-electron chi connectivity index (χ2n) is 6.97. The van der Waals surface area contributed by atoms with Gasteiger partial charge >= 0.3 is 0 Å². The zero-order valence-electron chi connectivity index (χ0n) is 16.7. The van der Waals surface area contributed by atoms with Gasteiger partial charge in [-0.3, -0.25) is 9.48 Å². The van der Waals surface area contributed by atoms with E-state index < -0.39 is 0 Å². The van der Waals surface area contributed by atoms with Crippen molar-refractivity contribution in [2.75, 3.05) is 19.0 Å². The molecule has 0 saturated heterocycles. The van der Waals surface area contributed by atoms with Gasteiger partial charge in [-0.2, -0.15) is 10.2 Å². The van der Waals surface area contributed by atoms with Crippen molar-refractivity contribution in [2.24, 2.45) is 5.10 Å². The van der Waals surface area contributed by atoms with Crippen LogP contribution in [0.1, 0.15) is 32.9 Å². The van der Waals surface area contributed by atoms with Crippen LogP contribution in [0.5, 0.6) is 0 Å². The molecule has 1 N–H and O–H groups in total. The maximum Gasteiger partial charge on any atom is 0.271 e. The molecular weight excluding hydrogens is 350 g/mol. The summed E-state index contributed by atoms with van der Waals surface area (Å²) in [6, 6.07) is 17.5. The molecule has 0 fully saturated rings. The smallest absolute Gasteiger partial charge is 0.271 e. The minimum absolute atomic E-state index is 0.237. The molecule has 0 radical (unpaired) electrons. The molecule has 1 amide bonds. The number of hydrazone groups is 1. The Labute approximate surface area is 165 Å². The van der Waals surface area contributed by atoms with Crippen LogP contribution < -0.4 is 10.3 Å². The van der Waals surface area contributed by atoms with Crippen LogP contribution in [-0.4, -0.2) is 36.0 Å². The van der Waals surface area contributed by atoms with Crippen molar-refractivity contribution in [1.82, 2.24) is 15.2 Å². The molecule has 0 aliphatic rings. The number of benzene rings is 2. The van der Waals surface area contributed by atoms with E-state index in [0.717, 1.165) is 28.2 Å². The van der Waals surface area contributed by atoms with Gasteiger partial charge in [0.2, 0.25) is 0 Å².